The summed E-state index contributed by atoms with van der Waals surface area (Å²) in [5, 5.41) is 7.05. The van der Waals surface area contributed by atoms with Crippen LogP contribution in [0.1, 0.15) is 36.7 Å². The van der Waals surface area contributed by atoms with E-state index in [9.17, 15) is 0 Å². The van der Waals surface area contributed by atoms with E-state index in [1.54, 1.807) is 0 Å². The first kappa shape index (κ1) is 13.1. The van der Waals surface area contributed by atoms with Crippen molar-refractivity contribution in [3.8, 4) is 0 Å². The van der Waals surface area contributed by atoms with Crippen LogP contribution < -0.4 is 5.32 Å². The second-order valence-corrected chi connectivity index (χ2v) is 5.45. The number of nitrogens with one attached hydrogen (secondary N) is 1. The summed E-state index contributed by atoms with van der Waals surface area (Å²) in [5.74, 6) is 1.00. The number of aryl methyl sites for hydroxylation is 1. The molecule has 2 rings (SSSR count). The summed E-state index contributed by atoms with van der Waals surface area (Å²) in [7, 11) is 0. The fourth-order valence-corrected chi connectivity index (χ4v) is 1.95. The van der Waals surface area contributed by atoms with Crippen molar-refractivity contribution in [2.75, 3.05) is 5.32 Å². The molecule has 0 fully saturated rings. The van der Waals surface area contributed by atoms with Crippen molar-refractivity contribution in [1.29, 1.82) is 0 Å². The SMILES string of the molecule is Cc1ccc(Br)cc1CNc1nc(C(C)C)no1. The number of rotatable bonds is 4. The molecule has 96 valence electrons. The average molecular weight is 310 g/mol. The lowest BCUT2D eigenvalue weighted by molar-refractivity contribution is 0.419. The summed E-state index contributed by atoms with van der Waals surface area (Å²) >= 11 is 3.47. The van der Waals surface area contributed by atoms with E-state index < -0.39 is 0 Å². The van der Waals surface area contributed by atoms with Crippen LogP contribution in [0.3, 0.4) is 0 Å². The monoisotopic (exact) mass is 309 g/mol. The predicted molar refractivity (Wildman–Crippen MR) is 74.6 cm³/mol. The summed E-state index contributed by atoms with van der Waals surface area (Å²) < 4.78 is 6.20. The maximum Gasteiger partial charge on any atom is 0.321 e. The van der Waals surface area contributed by atoms with Gasteiger partial charge in [0.1, 0.15) is 0 Å². The molecule has 0 aliphatic rings. The van der Waals surface area contributed by atoms with Crippen molar-refractivity contribution < 1.29 is 4.52 Å². The molecule has 0 unspecified atom stereocenters. The number of hydrogen-bond acceptors (Lipinski definition) is 4. The third-order valence-electron chi connectivity index (χ3n) is 2.70. The highest BCUT2D eigenvalue weighted by molar-refractivity contribution is 9.10. The molecule has 0 amide bonds. The second-order valence-electron chi connectivity index (χ2n) is 4.54. The third-order valence-corrected chi connectivity index (χ3v) is 3.19. The molecule has 5 heteroatoms. The van der Waals surface area contributed by atoms with Gasteiger partial charge in [-0.1, -0.05) is 41.0 Å². The van der Waals surface area contributed by atoms with Crippen LogP contribution in [0.5, 0.6) is 0 Å². The zero-order chi connectivity index (χ0) is 13.1. The molecule has 2 aromatic rings. The Labute approximate surface area is 115 Å². The molecule has 1 N–H and O–H groups in total. The van der Waals surface area contributed by atoms with Gasteiger partial charge in [-0.3, -0.25) is 0 Å². The smallest absolute Gasteiger partial charge is 0.321 e. The minimum Gasteiger partial charge on any atom is -0.334 e. The average Bonchev–Trinajstić information content (AvgIpc) is 2.79. The van der Waals surface area contributed by atoms with Crippen molar-refractivity contribution in [2.24, 2.45) is 0 Å². The molecule has 1 heterocycles. The van der Waals surface area contributed by atoms with Crippen molar-refractivity contribution in [2.45, 2.75) is 33.2 Å². The summed E-state index contributed by atoms with van der Waals surface area (Å²) in [6.45, 7) is 6.82. The zero-order valence-electron chi connectivity index (χ0n) is 10.7. The highest BCUT2D eigenvalue weighted by atomic mass is 79.9. The Morgan fingerprint density at radius 2 is 2.17 bits per heavy atom. The number of anilines is 1. The van der Waals surface area contributed by atoms with Gasteiger partial charge in [-0.25, -0.2) is 0 Å². The van der Waals surface area contributed by atoms with Gasteiger partial charge in [0.25, 0.3) is 0 Å². The molecular weight excluding hydrogens is 294 g/mol. The Hall–Kier alpha value is -1.36. The predicted octanol–water partition coefficient (Wildman–Crippen LogP) is 3.88. The lowest BCUT2D eigenvalue weighted by Gasteiger charge is -2.06. The minimum absolute atomic E-state index is 0.275. The molecule has 0 saturated carbocycles. The summed E-state index contributed by atoms with van der Waals surface area (Å²) in [5.41, 5.74) is 2.43. The molecule has 4 nitrogen and oxygen atoms in total. The maximum atomic E-state index is 5.13. The van der Waals surface area contributed by atoms with Gasteiger partial charge in [0, 0.05) is 16.9 Å². The highest BCUT2D eigenvalue weighted by Gasteiger charge is 2.09. The largest absolute Gasteiger partial charge is 0.334 e. The standard InChI is InChI=1S/C13H16BrN3O/c1-8(2)12-16-13(18-17-12)15-7-10-6-11(14)5-4-9(10)3/h4-6,8H,7H2,1-3H3,(H,15,16,17). The first-order chi connectivity index (χ1) is 8.56. The number of halogens is 1. The molecule has 0 bridgehead atoms. The Morgan fingerprint density at radius 1 is 1.39 bits per heavy atom. The molecule has 0 radical (unpaired) electrons. The van der Waals surface area contributed by atoms with E-state index in [1.165, 1.54) is 11.1 Å². The topological polar surface area (TPSA) is 51.0 Å². The van der Waals surface area contributed by atoms with E-state index in [2.05, 4.69) is 50.4 Å². The van der Waals surface area contributed by atoms with Crippen LogP contribution in [-0.2, 0) is 6.54 Å². The van der Waals surface area contributed by atoms with E-state index in [1.807, 2.05) is 19.9 Å². The summed E-state index contributed by atoms with van der Waals surface area (Å²) in [6, 6.07) is 6.66. The van der Waals surface area contributed by atoms with Crippen molar-refractivity contribution in [3.05, 3.63) is 39.6 Å². The van der Waals surface area contributed by atoms with Crippen molar-refractivity contribution in [3.63, 3.8) is 0 Å². The van der Waals surface area contributed by atoms with Crippen LogP contribution in [0.25, 0.3) is 0 Å². The maximum absolute atomic E-state index is 5.13. The van der Waals surface area contributed by atoms with Gasteiger partial charge >= 0.3 is 6.01 Å². The first-order valence-electron chi connectivity index (χ1n) is 5.89. The van der Waals surface area contributed by atoms with Crippen LogP contribution in [0.2, 0.25) is 0 Å². The molecule has 0 atom stereocenters. The summed E-state index contributed by atoms with van der Waals surface area (Å²) in [4.78, 5) is 4.28. The Kier molecular flexibility index (Phi) is 4.01. The second kappa shape index (κ2) is 5.52. The molecule has 0 aliphatic carbocycles. The summed E-state index contributed by atoms with van der Waals surface area (Å²) in [6.07, 6.45) is 0. The van der Waals surface area contributed by atoms with E-state index in [4.69, 9.17) is 4.52 Å². The lowest BCUT2D eigenvalue weighted by Crippen LogP contribution is -2.02. The number of nitrogens with zero attached hydrogens (tertiary/aromatic N) is 2. The van der Waals surface area contributed by atoms with E-state index in [0.29, 0.717) is 12.6 Å². The van der Waals surface area contributed by atoms with Gasteiger partial charge in [-0.05, 0) is 30.2 Å². The van der Waals surface area contributed by atoms with E-state index in [0.717, 1.165) is 10.3 Å². The minimum atomic E-state index is 0.275. The highest BCUT2D eigenvalue weighted by Crippen LogP contribution is 2.18. The van der Waals surface area contributed by atoms with Crippen LogP contribution in [0, 0.1) is 6.92 Å². The number of hydrogen-bond donors (Lipinski definition) is 1. The van der Waals surface area contributed by atoms with Crippen LogP contribution in [0.4, 0.5) is 6.01 Å². The van der Waals surface area contributed by atoms with Crippen LogP contribution in [-0.4, -0.2) is 10.1 Å². The van der Waals surface area contributed by atoms with Crippen LogP contribution in [0.15, 0.2) is 27.2 Å². The van der Waals surface area contributed by atoms with Gasteiger partial charge in [0.15, 0.2) is 5.82 Å². The first-order valence-corrected chi connectivity index (χ1v) is 6.68. The van der Waals surface area contributed by atoms with E-state index >= 15 is 0 Å². The van der Waals surface area contributed by atoms with Crippen molar-refractivity contribution in [1.82, 2.24) is 10.1 Å². The van der Waals surface area contributed by atoms with Crippen molar-refractivity contribution >= 4 is 21.9 Å². The van der Waals surface area contributed by atoms with Gasteiger partial charge in [0.05, 0.1) is 0 Å². The molecule has 0 spiro atoms. The number of aromatic nitrogens is 2. The Bertz CT molecular complexity index is 537. The molecule has 1 aromatic heterocycles. The van der Waals surface area contributed by atoms with Gasteiger partial charge in [-0.2, -0.15) is 4.98 Å². The van der Waals surface area contributed by atoms with Gasteiger partial charge in [-0.15, -0.1) is 0 Å². The van der Waals surface area contributed by atoms with Gasteiger partial charge < -0.3 is 9.84 Å². The lowest BCUT2D eigenvalue weighted by atomic mass is 10.1. The Balaban J connectivity index is 2.04. The zero-order valence-corrected chi connectivity index (χ0v) is 12.3. The molecule has 0 aliphatic heterocycles. The van der Waals surface area contributed by atoms with Gasteiger partial charge in [0.2, 0.25) is 0 Å². The third kappa shape index (κ3) is 3.10. The molecular formula is C13H16BrN3O. The quantitative estimate of drug-likeness (QED) is 0.931. The van der Waals surface area contributed by atoms with E-state index in [-0.39, 0.29) is 5.92 Å². The molecule has 18 heavy (non-hydrogen) atoms. The fourth-order valence-electron chi connectivity index (χ4n) is 1.54. The molecule has 0 saturated heterocycles. The van der Waals surface area contributed by atoms with Crippen LogP contribution >= 0.6 is 15.9 Å². The fraction of sp³-hybridized carbons (Fsp3) is 0.385. The number of benzene rings is 1. The molecule has 1 aromatic carbocycles. The Morgan fingerprint density at radius 3 is 2.83 bits per heavy atom. The normalized spacial score (nSPS) is 10.9.